The van der Waals surface area contributed by atoms with Crippen LogP contribution in [-0.4, -0.2) is 28.5 Å². The summed E-state index contributed by atoms with van der Waals surface area (Å²) in [6.45, 7) is -0.139. The van der Waals surface area contributed by atoms with Crippen molar-refractivity contribution in [3.63, 3.8) is 0 Å². The second-order valence-corrected chi connectivity index (χ2v) is 4.56. The Morgan fingerprint density at radius 2 is 2.08 bits per heavy atom. The summed E-state index contributed by atoms with van der Waals surface area (Å²) >= 11 is 10.8. The zero-order chi connectivity index (χ0) is 10.5. The smallest absolute Gasteiger partial charge is 0.275 e. The highest BCUT2D eigenvalue weighted by Gasteiger charge is 2.18. The summed E-state index contributed by atoms with van der Waals surface area (Å²) in [7, 11) is -2.69. The lowest BCUT2D eigenvalue weighted by atomic mass is 10.7. The molecule has 13 heavy (non-hydrogen) atoms. The van der Waals surface area contributed by atoms with E-state index in [9.17, 15) is 13.2 Å². The fraction of sp³-hybridized carbons (Fsp3) is 0.400. The molecule has 76 valence electrons. The van der Waals surface area contributed by atoms with E-state index < -0.39 is 14.4 Å². The first-order valence-corrected chi connectivity index (χ1v) is 5.18. The number of halogens is 2. The summed E-state index contributed by atoms with van der Waals surface area (Å²) < 4.78 is 27.4. The predicted molar refractivity (Wildman–Crippen MR) is 48.7 cm³/mol. The summed E-state index contributed by atoms with van der Waals surface area (Å²) in [6.07, 6.45) is -0.00527. The van der Waals surface area contributed by atoms with Gasteiger partial charge in [-0.25, -0.2) is 8.42 Å². The number of hydrogen-bond donors (Lipinski definition) is 1. The van der Waals surface area contributed by atoms with E-state index in [1.54, 1.807) is 0 Å². The van der Waals surface area contributed by atoms with Gasteiger partial charge in [0.15, 0.2) is 4.36 Å². The number of sulfonamides is 1. The molecule has 0 spiro atoms. The van der Waals surface area contributed by atoms with Crippen molar-refractivity contribution in [3.05, 3.63) is 9.40 Å². The van der Waals surface area contributed by atoms with E-state index in [4.69, 9.17) is 23.2 Å². The van der Waals surface area contributed by atoms with Crippen molar-refractivity contribution in [2.45, 2.75) is 0 Å². The van der Waals surface area contributed by atoms with Gasteiger partial charge in [-0.15, -0.1) is 0 Å². The topological polar surface area (TPSA) is 72.5 Å². The van der Waals surface area contributed by atoms with Gasteiger partial charge in [0.2, 0.25) is 6.41 Å². The molecule has 8 heteroatoms. The van der Waals surface area contributed by atoms with E-state index in [0.717, 1.165) is 0 Å². The van der Waals surface area contributed by atoms with Crippen molar-refractivity contribution in [1.82, 2.24) is 4.72 Å². The van der Waals surface area contributed by atoms with Gasteiger partial charge in [0.1, 0.15) is 0 Å². The fourth-order valence-corrected chi connectivity index (χ4v) is 1.63. The Labute approximate surface area is 85.7 Å². The zero-order valence-corrected chi connectivity index (χ0v) is 8.91. The maximum absolute atomic E-state index is 11.0. The zero-order valence-electron chi connectivity index (χ0n) is 6.58. The quantitative estimate of drug-likeness (QED) is 0.713. The van der Waals surface area contributed by atoms with Gasteiger partial charge in [0.05, 0.1) is 11.6 Å². The van der Waals surface area contributed by atoms with E-state index in [-0.39, 0.29) is 18.0 Å². The van der Waals surface area contributed by atoms with Crippen molar-refractivity contribution < 1.29 is 17.9 Å². The molecule has 0 aromatic carbocycles. The number of nitrogens with one attached hydrogen (secondary N) is 1. The number of amides is 1. The van der Waals surface area contributed by atoms with Crippen molar-refractivity contribution in [2.75, 3.05) is 13.7 Å². The maximum Gasteiger partial charge on any atom is 0.275 e. The average Bonchev–Trinajstić information content (AvgIpc) is 2.03. The molecule has 0 aliphatic carbocycles. The van der Waals surface area contributed by atoms with Crippen molar-refractivity contribution in [2.24, 2.45) is 0 Å². The molecule has 0 aromatic rings. The van der Waals surface area contributed by atoms with Crippen LogP contribution in [0.5, 0.6) is 0 Å². The van der Waals surface area contributed by atoms with Crippen molar-refractivity contribution >= 4 is 39.6 Å². The standard InChI is InChI=1S/C5H7Cl2NO4S/c1-12-2-4(6)5(7)13(10,11)8-3-9/h3H,2H2,1H3,(H,8,9). The van der Waals surface area contributed by atoms with Crippen LogP contribution in [0.3, 0.4) is 0 Å². The maximum atomic E-state index is 11.0. The van der Waals surface area contributed by atoms with Crippen LogP contribution in [0.2, 0.25) is 0 Å². The van der Waals surface area contributed by atoms with Crippen LogP contribution in [0.25, 0.3) is 0 Å². The Morgan fingerprint density at radius 1 is 1.54 bits per heavy atom. The predicted octanol–water partition coefficient (Wildman–Crippen LogP) is 0.355. The highest BCUT2D eigenvalue weighted by atomic mass is 35.5. The number of methoxy groups -OCH3 is 1. The number of carbonyl (C=O) groups excluding carboxylic acids is 1. The van der Waals surface area contributed by atoms with Gasteiger partial charge in [0, 0.05) is 7.11 Å². The fourth-order valence-electron chi connectivity index (χ4n) is 0.444. The molecule has 0 aliphatic heterocycles. The summed E-state index contributed by atoms with van der Waals surface area (Å²) in [5.41, 5.74) is 0. The Hall–Kier alpha value is -0.300. The third kappa shape index (κ3) is 3.95. The molecular weight excluding hydrogens is 241 g/mol. The normalized spacial score (nSPS) is 13.5. The van der Waals surface area contributed by atoms with Gasteiger partial charge in [-0.3, -0.25) is 9.52 Å². The number of hydrogen-bond acceptors (Lipinski definition) is 4. The minimum absolute atomic E-state index is 0.00527. The molecule has 0 heterocycles. The highest BCUT2D eigenvalue weighted by molar-refractivity contribution is 7.95. The lowest BCUT2D eigenvalue weighted by Gasteiger charge is -2.02. The highest BCUT2D eigenvalue weighted by Crippen LogP contribution is 2.18. The van der Waals surface area contributed by atoms with E-state index in [1.165, 1.54) is 11.8 Å². The van der Waals surface area contributed by atoms with Crippen molar-refractivity contribution in [3.8, 4) is 0 Å². The Kier molecular flexibility index (Phi) is 5.31. The van der Waals surface area contributed by atoms with E-state index >= 15 is 0 Å². The first-order chi connectivity index (χ1) is 5.95. The lowest BCUT2D eigenvalue weighted by molar-refractivity contribution is -0.108. The van der Waals surface area contributed by atoms with Crippen LogP contribution in [0.15, 0.2) is 9.40 Å². The Balaban J connectivity index is 4.85. The van der Waals surface area contributed by atoms with Gasteiger partial charge < -0.3 is 4.74 Å². The lowest BCUT2D eigenvalue weighted by Crippen LogP contribution is -2.22. The summed E-state index contributed by atoms with van der Waals surface area (Å²) in [6, 6.07) is 0. The molecule has 0 aliphatic rings. The monoisotopic (exact) mass is 247 g/mol. The molecule has 0 saturated heterocycles. The van der Waals surface area contributed by atoms with Gasteiger partial charge in [-0.05, 0) is 0 Å². The molecule has 0 fully saturated rings. The van der Waals surface area contributed by atoms with Crippen LogP contribution in [-0.2, 0) is 19.6 Å². The molecule has 1 amide bonds. The Bertz CT molecular complexity index is 310. The minimum Gasteiger partial charge on any atom is -0.379 e. The number of rotatable bonds is 5. The van der Waals surface area contributed by atoms with E-state index in [2.05, 4.69) is 4.74 Å². The molecule has 5 nitrogen and oxygen atoms in total. The molecule has 1 N–H and O–H groups in total. The van der Waals surface area contributed by atoms with Crippen LogP contribution in [0.1, 0.15) is 0 Å². The largest absolute Gasteiger partial charge is 0.379 e. The van der Waals surface area contributed by atoms with Crippen molar-refractivity contribution in [1.29, 1.82) is 0 Å². The van der Waals surface area contributed by atoms with Gasteiger partial charge in [-0.2, -0.15) is 0 Å². The second-order valence-electron chi connectivity index (χ2n) is 1.85. The summed E-state index contributed by atoms with van der Waals surface area (Å²) in [5.74, 6) is 0. The Morgan fingerprint density at radius 3 is 2.46 bits per heavy atom. The number of ether oxygens (including phenoxy) is 1. The van der Waals surface area contributed by atoms with E-state index in [1.807, 2.05) is 0 Å². The molecule has 0 bridgehead atoms. The molecular formula is C5H7Cl2NO4S. The molecule has 0 aromatic heterocycles. The summed E-state index contributed by atoms with van der Waals surface area (Å²) in [5, 5.41) is -0.196. The van der Waals surface area contributed by atoms with Gasteiger partial charge in [0.25, 0.3) is 10.0 Å². The molecule has 0 rings (SSSR count). The molecule has 0 atom stereocenters. The first-order valence-electron chi connectivity index (χ1n) is 2.94. The van der Waals surface area contributed by atoms with Crippen LogP contribution >= 0.6 is 23.2 Å². The van der Waals surface area contributed by atoms with Crippen LogP contribution in [0, 0.1) is 0 Å². The second kappa shape index (κ2) is 5.43. The SMILES string of the molecule is COCC(Cl)=C(Cl)S(=O)(=O)NC=O. The molecule has 0 unspecified atom stereocenters. The minimum atomic E-state index is -4.02. The summed E-state index contributed by atoms with van der Waals surface area (Å²) in [4.78, 5) is 9.86. The third-order valence-electron chi connectivity index (χ3n) is 0.924. The van der Waals surface area contributed by atoms with Gasteiger partial charge >= 0.3 is 0 Å². The molecule has 0 saturated carbocycles. The average molecular weight is 248 g/mol. The number of carbonyl (C=O) groups is 1. The molecule has 0 radical (unpaired) electrons. The van der Waals surface area contributed by atoms with Gasteiger partial charge in [-0.1, -0.05) is 23.2 Å². The van der Waals surface area contributed by atoms with Crippen LogP contribution < -0.4 is 4.72 Å². The van der Waals surface area contributed by atoms with E-state index in [0.29, 0.717) is 0 Å². The third-order valence-corrected chi connectivity index (χ3v) is 3.39. The van der Waals surface area contributed by atoms with Crippen LogP contribution in [0.4, 0.5) is 0 Å². The first kappa shape index (κ1) is 12.7.